The lowest BCUT2D eigenvalue weighted by atomic mass is 10.0. The number of hydrogen-bond donors (Lipinski definition) is 1. The topological polar surface area (TPSA) is 110 Å². The monoisotopic (exact) mass is 383 g/mol. The second kappa shape index (κ2) is 7.99. The van der Waals surface area contributed by atoms with E-state index in [0.717, 1.165) is 0 Å². The van der Waals surface area contributed by atoms with Crippen molar-refractivity contribution in [1.29, 1.82) is 0 Å². The number of nitrogens with zero attached hydrogens (tertiary/aromatic N) is 2. The van der Waals surface area contributed by atoms with Gasteiger partial charge in [0.15, 0.2) is 5.69 Å². The molecule has 3 aromatic rings. The van der Waals surface area contributed by atoms with Crippen molar-refractivity contribution in [3.05, 3.63) is 58.9 Å². The van der Waals surface area contributed by atoms with E-state index in [0.29, 0.717) is 39.2 Å². The van der Waals surface area contributed by atoms with Gasteiger partial charge in [0.25, 0.3) is 5.52 Å². The summed E-state index contributed by atoms with van der Waals surface area (Å²) in [4.78, 5) is 24.9. The van der Waals surface area contributed by atoms with Crippen molar-refractivity contribution in [3.63, 3.8) is 0 Å². The summed E-state index contributed by atoms with van der Waals surface area (Å²) >= 11 is 0. The first-order valence-corrected chi connectivity index (χ1v) is 8.73. The molecule has 8 nitrogen and oxygen atoms in total. The Morgan fingerprint density at radius 1 is 1.07 bits per heavy atom. The van der Waals surface area contributed by atoms with Crippen LogP contribution in [0, 0.1) is 5.21 Å². The smallest absolute Gasteiger partial charge is 0.255 e. The number of aromatic nitrogens is 2. The van der Waals surface area contributed by atoms with Crippen LogP contribution in [0.5, 0.6) is 11.5 Å². The van der Waals surface area contributed by atoms with Crippen LogP contribution in [0.4, 0.5) is 0 Å². The van der Waals surface area contributed by atoms with Gasteiger partial charge in [-0.25, -0.2) is 0 Å². The van der Waals surface area contributed by atoms with Gasteiger partial charge in [-0.3, -0.25) is 9.59 Å². The van der Waals surface area contributed by atoms with Crippen molar-refractivity contribution in [2.75, 3.05) is 14.2 Å². The van der Waals surface area contributed by atoms with Crippen molar-refractivity contribution in [1.82, 2.24) is 4.68 Å². The van der Waals surface area contributed by atoms with Crippen LogP contribution in [0.3, 0.4) is 0 Å². The maximum Gasteiger partial charge on any atom is 0.255 e. The molecule has 2 N–H and O–H groups in total. The van der Waals surface area contributed by atoms with E-state index in [2.05, 4.69) is 0 Å². The van der Waals surface area contributed by atoms with Crippen LogP contribution in [0.15, 0.2) is 42.5 Å². The van der Waals surface area contributed by atoms with Gasteiger partial charge in [-0.15, -0.1) is 4.68 Å². The molecule has 0 saturated carbocycles. The van der Waals surface area contributed by atoms with Crippen molar-refractivity contribution in [2.24, 2.45) is 5.73 Å². The number of amides is 1. The van der Waals surface area contributed by atoms with Crippen LogP contribution in [0.1, 0.15) is 28.9 Å². The number of ether oxygens (including phenoxy) is 2. The van der Waals surface area contributed by atoms with Crippen LogP contribution in [0.25, 0.3) is 10.9 Å². The molecule has 0 aliphatic carbocycles. The maximum atomic E-state index is 13.2. The number of fused-ring (bicyclic) bond motifs is 1. The number of carbonyl (C=O) groups is 2. The van der Waals surface area contributed by atoms with Crippen molar-refractivity contribution < 1.29 is 23.9 Å². The van der Waals surface area contributed by atoms with E-state index >= 15 is 0 Å². The molecular weight excluding hydrogens is 362 g/mol. The number of primary amides is 1. The molecular formula is C20H21N3O5. The third-order valence-electron chi connectivity index (χ3n) is 4.50. The highest BCUT2D eigenvalue weighted by molar-refractivity contribution is 6.14. The van der Waals surface area contributed by atoms with Gasteiger partial charge in [0.1, 0.15) is 11.5 Å². The van der Waals surface area contributed by atoms with Crippen LogP contribution in [-0.4, -0.2) is 30.6 Å². The van der Waals surface area contributed by atoms with Gasteiger partial charge in [-0.2, -0.15) is 0 Å². The Balaban J connectivity index is 2.11. The molecule has 28 heavy (non-hydrogen) atoms. The van der Waals surface area contributed by atoms with Crippen LogP contribution < -0.4 is 20.1 Å². The summed E-state index contributed by atoms with van der Waals surface area (Å²) in [7, 11) is 3.05. The van der Waals surface area contributed by atoms with Gasteiger partial charge in [0.2, 0.25) is 11.7 Å². The molecule has 0 unspecified atom stereocenters. The average Bonchev–Trinajstić information content (AvgIpc) is 2.98. The normalized spacial score (nSPS) is 10.8. The molecule has 8 heteroatoms. The summed E-state index contributed by atoms with van der Waals surface area (Å²) in [5.74, 6) is 0.377. The number of hydrogen-bond acceptors (Lipinski definition) is 5. The fourth-order valence-corrected chi connectivity index (χ4v) is 3.08. The second-order valence-corrected chi connectivity index (χ2v) is 6.26. The molecule has 0 spiro atoms. The molecule has 3 rings (SSSR count). The molecule has 0 aliphatic rings. The second-order valence-electron chi connectivity index (χ2n) is 6.26. The molecule has 1 heterocycles. The van der Waals surface area contributed by atoms with Gasteiger partial charge >= 0.3 is 0 Å². The van der Waals surface area contributed by atoms with E-state index in [1.807, 2.05) is 0 Å². The zero-order chi connectivity index (χ0) is 20.3. The quantitative estimate of drug-likeness (QED) is 0.362. The van der Waals surface area contributed by atoms with Crippen molar-refractivity contribution in [2.45, 2.75) is 19.4 Å². The zero-order valence-corrected chi connectivity index (χ0v) is 15.7. The summed E-state index contributed by atoms with van der Waals surface area (Å²) in [5, 5.41) is 13.4. The maximum absolute atomic E-state index is 13.2. The fraction of sp³-hybridized carbons (Fsp3) is 0.250. The van der Waals surface area contributed by atoms with Gasteiger partial charge in [-0.05, 0) is 42.8 Å². The summed E-state index contributed by atoms with van der Waals surface area (Å²) in [5.41, 5.74) is 6.19. The summed E-state index contributed by atoms with van der Waals surface area (Å²) in [6, 6.07) is 11.6. The van der Waals surface area contributed by atoms with Crippen LogP contribution >= 0.6 is 0 Å². The molecule has 2 aromatic carbocycles. The first-order valence-electron chi connectivity index (χ1n) is 8.73. The number of methoxy groups -OCH3 is 2. The third-order valence-corrected chi connectivity index (χ3v) is 4.50. The standard InChI is InChI=1S/C20H21N3O5/c1-27-14-7-5-13(6-8-14)20(25)19-16-10-9-15(28-2)12-17(16)23(26)22(19)11-3-4-18(21)24/h5-10,12H,3-4,11H2,1-2H3,(H2,21,24). The molecule has 1 amide bonds. The SMILES string of the molecule is COc1ccc(C(=O)c2c3ccc(OC)cc3[n+]([O-])n2CCCC(N)=O)cc1. The Kier molecular flexibility index (Phi) is 5.49. The fourth-order valence-electron chi connectivity index (χ4n) is 3.08. The first kappa shape index (κ1) is 19.2. The lowest BCUT2D eigenvalue weighted by Gasteiger charge is -2.07. The summed E-state index contributed by atoms with van der Waals surface area (Å²) in [6.45, 7) is 0.181. The van der Waals surface area contributed by atoms with Crippen LogP contribution in [0.2, 0.25) is 0 Å². The lowest BCUT2D eigenvalue weighted by Crippen LogP contribution is -2.39. The predicted molar refractivity (Wildman–Crippen MR) is 102 cm³/mol. The van der Waals surface area contributed by atoms with Crippen LogP contribution in [-0.2, 0) is 11.3 Å². The molecule has 146 valence electrons. The minimum absolute atomic E-state index is 0.119. The molecule has 0 bridgehead atoms. The van der Waals surface area contributed by atoms with Crippen molar-refractivity contribution >= 4 is 22.6 Å². The summed E-state index contributed by atoms with van der Waals surface area (Å²) < 4.78 is 11.6. The van der Waals surface area contributed by atoms with Gasteiger partial charge < -0.3 is 20.4 Å². The van der Waals surface area contributed by atoms with E-state index in [1.54, 1.807) is 49.6 Å². The van der Waals surface area contributed by atoms with E-state index in [4.69, 9.17) is 15.2 Å². The third kappa shape index (κ3) is 3.62. The molecule has 0 atom stereocenters. The summed E-state index contributed by atoms with van der Waals surface area (Å²) in [6.07, 6.45) is 0.465. The molecule has 0 saturated heterocycles. The largest absolute Gasteiger partial charge is 0.595 e. The number of carbonyl (C=O) groups excluding carboxylic acids is 2. The van der Waals surface area contributed by atoms with E-state index in [-0.39, 0.29) is 24.4 Å². The Morgan fingerprint density at radius 2 is 1.71 bits per heavy atom. The highest BCUT2D eigenvalue weighted by Crippen LogP contribution is 2.25. The van der Waals surface area contributed by atoms with Gasteiger partial charge in [-0.1, -0.05) is 4.85 Å². The zero-order valence-electron chi connectivity index (χ0n) is 15.7. The number of benzene rings is 2. The minimum Gasteiger partial charge on any atom is -0.595 e. The predicted octanol–water partition coefficient (Wildman–Crippen LogP) is 1.79. The Bertz CT molecular complexity index is 1020. The average molecular weight is 383 g/mol. The number of rotatable bonds is 8. The Labute approximate surface area is 161 Å². The first-order chi connectivity index (χ1) is 13.5. The minimum atomic E-state index is -0.459. The number of nitrogens with two attached hydrogens (primary N) is 1. The van der Waals surface area contributed by atoms with Gasteiger partial charge in [0.05, 0.1) is 32.2 Å². The Hall–Kier alpha value is -3.55. The Morgan fingerprint density at radius 3 is 2.32 bits per heavy atom. The van der Waals surface area contributed by atoms with Crippen molar-refractivity contribution in [3.8, 4) is 11.5 Å². The lowest BCUT2D eigenvalue weighted by molar-refractivity contribution is -0.670. The molecule has 0 aliphatic heterocycles. The number of ketones is 1. The van der Waals surface area contributed by atoms with E-state index in [1.165, 1.54) is 11.8 Å². The molecule has 0 radical (unpaired) electrons. The molecule has 1 aromatic heterocycles. The van der Waals surface area contributed by atoms with E-state index < -0.39 is 5.91 Å². The highest BCUT2D eigenvalue weighted by Gasteiger charge is 2.27. The highest BCUT2D eigenvalue weighted by atomic mass is 16.5. The van der Waals surface area contributed by atoms with E-state index in [9.17, 15) is 14.8 Å². The van der Waals surface area contributed by atoms with Gasteiger partial charge in [0, 0.05) is 12.0 Å². The molecule has 0 fully saturated rings.